The minimum atomic E-state index is -3.72. The van der Waals surface area contributed by atoms with Crippen molar-refractivity contribution in [1.29, 1.82) is 0 Å². The summed E-state index contributed by atoms with van der Waals surface area (Å²) < 4.78 is 26.3. The van der Waals surface area contributed by atoms with Crippen molar-refractivity contribution >= 4 is 27.7 Å². The van der Waals surface area contributed by atoms with E-state index in [1.165, 1.54) is 11.0 Å². The highest BCUT2D eigenvalue weighted by atomic mass is 32.2. The molecule has 2 saturated carbocycles. The number of rotatable bonds is 7. The zero-order valence-electron chi connectivity index (χ0n) is 15.3. The van der Waals surface area contributed by atoms with Gasteiger partial charge in [0, 0.05) is 12.5 Å². The van der Waals surface area contributed by atoms with Crippen molar-refractivity contribution in [2.45, 2.75) is 61.9 Å². The maximum atomic E-state index is 12.8. The lowest BCUT2D eigenvalue weighted by molar-refractivity contribution is -0.140. The molecule has 150 valence electrons. The number of carbonyl (C=O) groups excluding carboxylic acids is 3. The van der Waals surface area contributed by atoms with E-state index in [0.29, 0.717) is 32.2 Å². The fraction of sp³-hybridized carbons (Fsp3) is 0.706. The molecule has 10 heteroatoms. The average molecular weight is 398 g/mol. The third kappa shape index (κ3) is 3.73. The third-order valence-electron chi connectivity index (χ3n) is 5.48. The fourth-order valence-corrected chi connectivity index (χ4v) is 4.95. The first kappa shape index (κ1) is 19.8. The third-order valence-corrected chi connectivity index (χ3v) is 7.30. The van der Waals surface area contributed by atoms with Crippen LogP contribution in [0.15, 0.2) is 12.7 Å². The van der Waals surface area contributed by atoms with Crippen molar-refractivity contribution in [2.24, 2.45) is 11.7 Å². The van der Waals surface area contributed by atoms with Crippen LogP contribution in [0.1, 0.15) is 39.0 Å². The van der Waals surface area contributed by atoms with Gasteiger partial charge in [0.25, 0.3) is 5.91 Å². The lowest BCUT2D eigenvalue weighted by Crippen LogP contribution is -2.57. The molecule has 9 nitrogen and oxygen atoms in total. The molecule has 27 heavy (non-hydrogen) atoms. The summed E-state index contributed by atoms with van der Waals surface area (Å²) in [7, 11) is -3.72. The number of carbonyl (C=O) groups is 3. The smallest absolute Gasteiger partial charge is 0.259 e. The van der Waals surface area contributed by atoms with Crippen LogP contribution >= 0.6 is 0 Å². The van der Waals surface area contributed by atoms with Crippen LogP contribution in [0, 0.1) is 5.92 Å². The van der Waals surface area contributed by atoms with E-state index >= 15 is 0 Å². The summed E-state index contributed by atoms with van der Waals surface area (Å²) in [5.74, 6) is -1.88. The predicted octanol–water partition coefficient (Wildman–Crippen LogP) is -1.01. The molecule has 3 aliphatic rings. The largest absolute Gasteiger partial charge is 0.339 e. The van der Waals surface area contributed by atoms with Crippen LogP contribution < -0.4 is 15.8 Å². The topological polar surface area (TPSA) is 139 Å². The summed E-state index contributed by atoms with van der Waals surface area (Å²) in [5, 5.41) is 2.16. The number of hydrogen-bond donors (Lipinski definition) is 3. The molecule has 0 radical (unpaired) electrons. The van der Waals surface area contributed by atoms with E-state index in [2.05, 4.69) is 16.6 Å². The Balaban J connectivity index is 1.72. The summed E-state index contributed by atoms with van der Waals surface area (Å²) in [5.41, 5.74) is 4.32. The highest BCUT2D eigenvalue weighted by molar-refractivity contribution is 7.91. The number of nitrogens with one attached hydrogen (secondary N) is 2. The Labute approximate surface area is 158 Å². The van der Waals surface area contributed by atoms with Crippen molar-refractivity contribution in [3.8, 4) is 0 Å². The molecule has 0 aromatic heterocycles. The van der Waals surface area contributed by atoms with Crippen molar-refractivity contribution in [2.75, 3.05) is 6.54 Å². The van der Waals surface area contributed by atoms with Gasteiger partial charge in [0.05, 0.1) is 11.3 Å². The van der Waals surface area contributed by atoms with Crippen molar-refractivity contribution in [1.82, 2.24) is 14.9 Å². The van der Waals surface area contributed by atoms with Gasteiger partial charge in [0.2, 0.25) is 21.8 Å². The van der Waals surface area contributed by atoms with E-state index in [1.807, 2.05) is 0 Å². The monoisotopic (exact) mass is 398 g/mol. The number of amides is 3. The summed E-state index contributed by atoms with van der Waals surface area (Å²) in [6.07, 6.45) is 4.01. The first-order valence-corrected chi connectivity index (χ1v) is 10.7. The number of nitrogens with two attached hydrogens (primary N) is 1. The molecule has 3 rings (SSSR count). The number of hydrogen-bond acceptors (Lipinski definition) is 6. The Morgan fingerprint density at radius 2 is 1.96 bits per heavy atom. The molecule has 0 unspecified atom stereocenters. The van der Waals surface area contributed by atoms with Gasteiger partial charge in [-0.1, -0.05) is 6.08 Å². The second kappa shape index (κ2) is 6.90. The molecule has 2 aliphatic carbocycles. The van der Waals surface area contributed by atoms with E-state index in [1.54, 1.807) is 6.92 Å². The Bertz CT molecular complexity index is 776. The van der Waals surface area contributed by atoms with Crippen molar-refractivity contribution in [3.05, 3.63) is 12.7 Å². The minimum Gasteiger partial charge on any atom is -0.339 e. The lowest BCUT2D eigenvalue weighted by Gasteiger charge is -2.27. The molecule has 3 amide bonds. The number of sulfonamides is 1. The van der Waals surface area contributed by atoms with Gasteiger partial charge in [-0.15, -0.1) is 6.58 Å². The summed E-state index contributed by atoms with van der Waals surface area (Å²) >= 11 is 0. The molecular formula is C17H26N4O5S. The van der Waals surface area contributed by atoms with Crippen LogP contribution in [0.2, 0.25) is 0 Å². The van der Waals surface area contributed by atoms with Crippen LogP contribution in [0.5, 0.6) is 0 Å². The Hall–Kier alpha value is -1.94. The van der Waals surface area contributed by atoms with Crippen LogP contribution in [0.4, 0.5) is 0 Å². The second-order valence-corrected chi connectivity index (χ2v) is 9.62. The first-order valence-electron chi connectivity index (χ1n) is 9.19. The lowest BCUT2D eigenvalue weighted by atomic mass is 10.1. The molecule has 0 aromatic carbocycles. The molecule has 0 aromatic rings. The van der Waals surface area contributed by atoms with Crippen LogP contribution in [0.25, 0.3) is 0 Å². The summed E-state index contributed by atoms with van der Waals surface area (Å²) in [6, 6.07) is -1.43. The van der Waals surface area contributed by atoms with E-state index in [0.717, 1.165) is 0 Å². The quantitative estimate of drug-likeness (QED) is 0.470. The zero-order valence-corrected chi connectivity index (χ0v) is 16.1. The molecule has 3 fully saturated rings. The van der Waals surface area contributed by atoms with Crippen LogP contribution in [-0.2, 0) is 24.4 Å². The SMILES string of the molecule is C=C[C@@H]1C[C@]1(NC(=O)[C@@H]1CCCN1C(=O)[C@H](C)N)C(=O)NS(=O)(=O)C1CC1. The van der Waals surface area contributed by atoms with Crippen LogP contribution in [-0.4, -0.2) is 60.5 Å². The van der Waals surface area contributed by atoms with Gasteiger partial charge in [0.1, 0.15) is 11.6 Å². The predicted molar refractivity (Wildman–Crippen MR) is 97.6 cm³/mol. The first-order chi connectivity index (χ1) is 12.6. The van der Waals surface area contributed by atoms with Gasteiger partial charge in [-0.05, 0) is 39.0 Å². The molecule has 0 spiro atoms. The summed E-state index contributed by atoms with van der Waals surface area (Å²) in [4.78, 5) is 39.1. The molecule has 4 N–H and O–H groups in total. The molecule has 1 saturated heterocycles. The van der Waals surface area contributed by atoms with Gasteiger partial charge < -0.3 is 16.0 Å². The fourth-order valence-electron chi connectivity index (χ4n) is 3.58. The van der Waals surface area contributed by atoms with E-state index < -0.39 is 44.7 Å². The number of likely N-dealkylation sites (tertiary alicyclic amines) is 1. The minimum absolute atomic E-state index is 0.280. The average Bonchev–Trinajstić information content (AvgIpc) is 3.50. The van der Waals surface area contributed by atoms with Gasteiger partial charge in [-0.3, -0.25) is 19.1 Å². The standard InChI is InChI=1S/C17H26N4O5S/c1-3-11-9-17(11,16(24)20-27(25,26)12-6-7-12)19-14(22)13-5-4-8-21(13)15(23)10(2)18/h3,10-13H,1,4-9,18H2,2H3,(H,19,22)(H,20,24)/t10-,11+,13-,17+/m0/s1. The van der Waals surface area contributed by atoms with E-state index in [-0.39, 0.29) is 18.2 Å². The Morgan fingerprint density at radius 3 is 2.48 bits per heavy atom. The van der Waals surface area contributed by atoms with E-state index in [9.17, 15) is 22.8 Å². The summed E-state index contributed by atoms with van der Waals surface area (Å²) in [6.45, 7) is 5.64. The Morgan fingerprint density at radius 1 is 1.30 bits per heavy atom. The highest BCUT2D eigenvalue weighted by Gasteiger charge is 2.61. The van der Waals surface area contributed by atoms with Crippen molar-refractivity contribution < 1.29 is 22.8 Å². The molecule has 1 aliphatic heterocycles. The molecule has 1 heterocycles. The van der Waals surface area contributed by atoms with Crippen molar-refractivity contribution in [3.63, 3.8) is 0 Å². The molecule has 4 atom stereocenters. The van der Waals surface area contributed by atoms with Gasteiger partial charge >= 0.3 is 0 Å². The van der Waals surface area contributed by atoms with E-state index in [4.69, 9.17) is 5.73 Å². The maximum Gasteiger partial charge on any atom is 0.259 e. The normalized spacial score (nSPS) is 31.1. The highest BCUT2D eigenvalue weighted by Crippen LogP contribution is 2.45. The zero-order chi connectivity index (χ0) is 20.0. The number of nitrogens with zero attached hydrogens (tertiary/aromatic N) is 1. The molecule has 0 bridgehead atoms. The Kier molecular flexibility index (Phi) is 5.06. The van der Waals surface area contributed by atoms with Crippen LogP contribution in [0.3, 0.4) is 0 Å². The van der Waals surface area contributed by atoms with Gasteiger partial charge in [0.15, 0.2) is 0 Å². The maximum absolute atomic E-state index is 12.8. The van der Waals surface area contributed by atoms with Gasteiger partial charge in [-0.2, -0.15) is 0 Å². The molecular weight excluding hydrogens is 372 g/mol. The van der Waals surface area contributed by atoms with Gasteiger partial charge in [-0.25, -0.2) is 8.42 Å². The second-order valence-electron chi connectivity index (χ2n) is 7.66.